The van der Waals surface area contributed by atoms with Crippen molar-refractivity contribution >= 4 is 21.0 Å². The molecule has 0 unspecified atom stereocenters. The molecule has 0 bridgehead atoms. The predicted molar refractivity (Wildman–Crippen MR) is 51.6 cm³/mol. The minimum atomic E-state index is -4.16. The van der Waals surface area contributed by atoms with Gasteiger partial charge in [-0.1, -0.05) is 18.2 Å². The van der Waals surface area contributed by atoms with E-state index in [9.17, 15) is 8.42 Å². The molecule has 0 fully saturated rings. The van der Waals surface area contributed by atoms with Crippen molar-refractivity contribution < 1.29 is 13.0 Å². The predicted octanol–water partition coefficient (Wildman–Crippen LogP) is 1.48. The first-order valence-electron chi connectivity index (χ1n) is 3.90. The van der Waals surface area contributed by atoms with Crippen LogP contribution in [-0.2, 0) is 10.1 Å². The fraction of sp³-hybridized carbons (Fsp3) is 0. The molecule has 4 nitrogen and oxygen atoms in total. The average molecular weight is 209 g/mol. The van der Waals surface area contributed by atoms with Crippen LogP contribution >= 0.6 is 0 Å². The lowest BCUT2D eigenvalue weighted by atomic mass is 10.2. The molecule has 0 radical (unpaired) electrons. The van der Waals surface area contributed by atoms with Crippen molar-refractivity contribution in [2.75, 3.05) is 0 Å². The number of nitrogens with zero attached hydrogens (tertiary/aromatic N) is 1. The van der Waals surface area contributed by atoms with Crippen LogP contribution in [0.2, 0.25) is 0 Å². The minimum absolute atomic E-state index is 0.184. The Labute approximate surface area is 81.0 Å². The van der Waals surface area contributed by atoms with Crippen LogP contribution in [0.5, 0.6) is 0 Å². The fourth-order valence-corrected chi connectivity index (χ4v) is 1.65. The fourth-order valence-electron chi connectivity index (χ4n) is 1.19. The molecule has 2 aromatic rings. The molecule has 0 aliphatic rings. The minimum Gasteiger partial charge on any atom is -0.282 e. The second kappa shape index (κ2) is 3.04. The highest BCUT2D eigenvalue weighted by atomic mass is 32.2. The molecule has 2 rings (SSSR count). The maximum atomic E-state index is 10.8. The van der Waals surface area contributed by atoms with Gasteiger partial charge in [-0.25, -0.2) is 0 Å². The Kier molecular flexibility index (Phi) is 1.98. The van der Waals surface area contributed by atoms with Crippen LogP contribution in [0.15, 0.2) is 41.4 Å². The lowest BCUT2D eigenvalue weighted by Crippen LogP contribution is -1.98. The largest absolute Gasteiger partial charge is 0.296 e. The van der Waals surface area contributed by atoms with Crippen molar-refractivity contribution in [2.45, 2.75) is 4.90 Å². The maximum Gasteiger partial charge on any atom is 0.296 e. The van der Waals surface area contributed by atoms with Gasteiger partial charge in [0.05, 0.1) is 5.52 Å². The summed E-state index contributed by atoms with van der Waals surface area (Å²) in [6, 6.07) is 8.47. The molecule has 0 aliphatic heterocycles. The van der Waals surface area contributed by atoms with Gasteiger partial charge in [0, 0.05) is 11.6 Å². The first-order valence-corrected chi connectivity index (χ1v) is 5.34. The number of pyridine rings is 1. The van der Waals surface area contributed by atoms with Crippen molar-refractivity contribution in [3.8, 4) is 0 Å². The van der Waals surface area contributed by atoms with Crippen molar-refractivity contribution in [1.29, 1.82) is 0 Å². The van der Waals surface area contributed by atoms with E-state index in [1.165, 1.54) is 6.07 Å². The van der Waals surface area contributed by atoms with E-state index in [0.29, 0.717) is 10.9 Å². The third kappa shape index (κ3) is 1.59. The Morgan fingerprint density at radius 2 is 1.93 bits per heavy atom. The summed E-state index contributed by atoms with van der Waals surface area (Å²) in [4.78, 5) is 3.72. The molecule has 1 aromatic carbocycles. The van der Waals surface area contributed by atoms with E-state index in [1.807, 2.05) is 6.07 Å². The third-order valence-corrected chi connectivity index (χ3v) is 2.68. The van der Waals surface area contributed by atoms with Gasteiger partial charge in [-0.05, 0) is 12.1 Å². The smallest absolute Gasteiger partial charge is 0.282 e. The van der Waals surface area contributed by atoms with E-state index >= 15 is 0 Å². The molecular weight excluding hydrogens is 202 g/mol. The van der Waals surface area contributed by atoms with Crippen molar-refractivity contribution in [1.82, 2.24) is 4.98 Å². The summed E-state index contributed by atoms with van der Waals surface area (Å²) in [6.07, 6.45) is 1.14. The van der Waals surface area contributed by atoms with E-state index in [-0.39, 0.29) is 4.90 Å². The highest BCUT2D eigenvalue weighted by Crippen LogP contribution is 2.15. The molecule has 0 saturated carbocycles. The molecular formula is C9H7NO3S. The van der Waals surface area contributed by atoms with Crippen LogP contribution < -0.4 is 0 Å². The van der Waals surface area contributed by atoms with Gasteiger partial charge >= 0.3 is 0 Å². The average Bonchev–Trinajstić information content (AvgIpc) is 2.16. The summed E-state index contributed by atoms with van der Waals surface area (Å²) >= 11 is 0. The number of hydrogen-bond donors (Lipinski definition) is 1. The molecule has 0 amide bonds. The first kappa shape index (κ1) is 9.11. The summed E-state index contributed by atoms with van der Waals surface area (Å²) in [5.74, 6) is 0. The molecule has 0 aliphatic carbocycles. The van der Waals surface area contributed by atoms with Crippen molar-refractivity contribution in [3.63, 3.8) is 0 Å². The zero-order valence-corrected chi connectivity index (χ0v) is 7.90. The highest BCUT2D eigenvalue weighted by Gasteiger charge is 2.09. The highest BCUT2D eigenvalue weighted by molar-refractivity contribution is 7.85. The lowest BCUT2D eigenvalue weighted by Gasteiger charge is -1.98. The Morgan fingerprint density at radius 3 is 2.64 bits per heavy atom. The summed E-state index contributed by atoms with van der Waals surface area (Å²) < 4.78 is 30.4. The Balaban J connectivity index is 2.75. The molecule has 5 heteroatoms. The number of rotatable bonds is 1. The van der Waals surface area contributed by atoms with Crippen LogP contribution in [0.4, 0.5) is 0 Å². The summed E-state index contributed by atoms with van der Waals surface area (Å²) in [7, 11) is -4.16. The number of hydrogen-bond acceptors (Lipinski definition) is 3. The van der Waals surface area contributed by atoms with Crippen molar-refractivity contribution in [3.05, 3.63) is 36.5 Å². The Bertz CT molecular complexity index is 577. The van der Waals surface area contributed by atoms with Gasteiger partial charge in [0.15, 0.2) is 0 Å². The quantitative estimate of drug-likeness (QED) is 0.722. The normalized spacial score (nSPS) is 11.8. The maximum absolute atomic E-state index is 10.8. The molecule has 0 spiro atoms. The van der Waals surface area contributed by atoms with Gasteiger partial charge in [0.1, 0.15) is 4.90 Å². The number of para-hydroxylation sites is 1. The standard InChI is InChI=1S/C9H7NO3S/c11-14(12,13)8-5-7-3-1-2-4-9(7)10-6-8/h1-6H,(H,11,12,13). The molecule has 0 saturated heterocycles. The summed E-state index contributed by atoms with van der Waals surface area (Å²) in [6.45, 7) is 0. The molecule has 1 aromatic heterocycles. The third-order valence-electron chi connectivity index (χ3n) is 1.86. The second-order valence-electron chi connectivity index (χ2n) is 2.84. The van der Waals surface area contributed by atoms with Crippen molar-refractivity contribution in [2.24, 2.45) is 0 Å². The van der Waals surface area contributed by atoms with E-state index in [0.717, 1.165) is 6.20 Å². The van der Waals surface area contributed by atoms with Crippen LogP contribution in [0.1, 0.15) is 0 Å². The molecule has 0 atom stereocenters. The van der Waals surface area contributed by atoms with E-state index in [2.05, 4.69) is 4.98 Å². The number of aromatic nitrogens is 1. The molecule has 72 valence electrons. The van der Waals surface area contributed by atoms with Crippen LogP contribution in [0, 0.1) is 0 Å². The van der Waals surface area contributed by atoms with Gasteiger partial charge < -0.3 is 0 Å². The van der Waals surface area contributed by atoms with E-state index in [1.54, 1.807) is 18.2 Å². The molecule has 1 heterocycles. The van der Waals surface area contributed by atoms with E-state index in [4.69, 9.17) is 4.55 Å². The van der Waals surface area contributed by atoms with Gasteiger partial charge in [-0.15, -0.1) is 0 Å². The zero-order valence-electron chi connectivity index (χ0n) is 7.08. The van der Waals surface area contributed by atoms with Gasteiger partial charge in [0.2, 0.25) is 0 Å². The summed E-state index contributed by atoms with van der Waals surface area (Å²) in [5.41, 5.74) is 0.694. The zero-order chi connectivity index (χ0) is 10.2. The monoisotopic (exact) mass is 209 g/mol. The van der Waals surface area contributed by atoms with Crippen LogP contribution in [-0.4, -0.2) is 18.0 Å². The SMILES string of the molecule is O=S(=O)(O)c1cnc2ccccc2c1. The summed E-state index contributed by atoms with van der Waals surface area (Å²) in [5, 5.41) is 0.683. The topological polar surface area (TPSA) is 67.3 Å². The molecule has 14 heavy (non-hydrogen) atoms. The second-order valence-corrected chi connectivity index (χ2v) is 4.26. The Morgan fingerprint density at radius 1 is 1.21 bits per heavy atom. The number of fused-ring (bicyclic) bond motifs is 1. The van der Waals surface area contributed by atoms with Crippen LogP contribution in [0.25, 0.3) is 10.9 Å². The molecule has 1 N–H and O–H groups in total. The lowest BCUT2D eigenvalue weighted by molar-refractivity contribution is 0.483. The first-order chi connectivity index (χ1) is 6.57. The van der Waals surface area contributed by atoms with Gasteiger partial charge in [0.25, 0.3) is 10.1 Å². The Hall–Kier alpha value is -1.46. The van der Waals surface area contributed by atoms with Crippen LogP contribution in [0.3, 0.4) is 0 Å². The van der Waals surface area contributed by atoms with Gasteiger partial charge in [-0.2, -0.15) is 8.42 Å². The number of benzene rings is 1. The van der Waals surface area contributed by atoms with Gasteiger partial charge in [-0.3, -0.25) is 9.54 Å². The van der Waals surface area contributed by atoms with E-state index < -0.39 is 10.1 Å².